The van der Waals surface area contributed by atoms with Gasteiger partial charge in [-0.3, -0.25) is 4.79 Å². The van der Waals surface area contributed by atoms with Crippen molar-refractivity contribution in [1.29, 1.82) is 0 Å². The summed E-state index contributed by atoms with van der Waals surface area (Å²) >= 11 is 0. The molecule has 0 atom stereocenters. The SMILES string of the molecule is COCCOCC(=O)Nc1ccc(CN)cc1. The highest BCUT2D eigenvalue weighted by Crippen LogP contribution is 2.08. The van der Waals surface area contributed by atoms with Crippen molar-refractivity contribution in [2.24, 2.45) is 5.73 Å². The van der Waals surface area contributed by atoms with Crippen LogP contribution in [0, 0.1) is 0 Å². The van der Waals surface area contributed by atoms with Crippen LogP contribution in [0.1, 0.15) is 5.56 Å². The van der Waals surface area contributed by atoms with Crippen LogP contribution in [0.3, 0.4) is 0 Å². The summed E-state index contributed by atoms with van der Waals surface area (Å²) in [6.07, 6.45) is 0. The van der Waals surface area contributed by atoms with Crippen LogP contribution in [-0.4, -0.2) is 32.8 Å². The van der Waals surface area contributed by atoms with E-state index in [0.29, 0.717) is 19.8 Å². The van der Waals surface area contributed by atoms with Gasteiger partial charge in [0, 0.05) is 19.3 Å². The van der Waals surface area contributed by atoms with Gasteiger partial charge in [0.05, 0.1) is 13.2 Å². The van der Waals surface area contributed by atoms with Crippen molar-refractivity contribution >= 4 is 11.6 Å². The summed E-state index contributed by atoms with van der Waals surface area (Å²) in [5, 5.41) is 2.72. The third-order valence-corrected chi connectivity index (χ3v) is 2.14. The molecule has 1 aromatic rings. The smallest absolute Gasteiger partial charge is 0.250 e. The molecule has 1 aromatic carbocycles. The van der Waals surface area contributed by atoms with Crippen LogP contribution in [0.25, 0.3) is 0 Å². The first-order valence-electron chi connectivity index (χ1n) is 5.42. The molecule has 0 fully saturated rings. The molecule has 0 spiro atoms. The van der Waals surface area contributed by atoms with Gasteiger partial charge in [0.15, 0.2) is 0 Å². The molecule has 94 valence electrons. The van der Waals surface area contributed by atoms with Gasteiger partial charge in [0.2, 0.25) is 5.91 Å². The first-order valence-corrected chi connectivity index (χ1v) is 5.42. The van der Waals surface area contributed by atoms with E-state index in [-0.39, 0.29) is 12.5 Å². The molecule has 0 heterocycles. The number of carbonyl (C=O) groups excluding carboxylic acids is 1. The van der Waals surface area contributed by atoms with Gasteiger partial charge in [-0.1, -0.05) is 12.1 Å². The molecule has 0 saturated carbocycles. The lowest BCUT2D eigenvalue weighted by atomic mass is 10.2. The van der Waals surface area contributed by atoms with Crippen molar-refractivity contribution in [3.63, 3.8) is 0 Å². The second kappa shape index (κ2) is 7.78. The van der Waals surface area contributed by atoms with Crippen LogP contribution in [0.2, 0.25) is 0 Å². The molecule has 5 nitrogen and oxygen atoms in total. The Kier molecular flexibility index (Phi) is 6.24. The van der Waals surface area contributed by atoms with Crippen molar-refractivity contribution in [1.82, 2.24) is 0 Å². The number of nitrogens with two attached hydrogens (primary N) is 1. The molecule has 0 unspecified atom stereocenters. The van der Waals surface area contributed by atoms with Gasteiger partial charge in [-0.05, 0) is 17.7 Å². The maximum absolute atomic E-state index is 11.4. The first-order chi connectivity index (χ1) is 8.26. The summed E-state index contributed by atoms with van der Waals surface area (Å²) in [6, 6.07) is 7.38. The highest BCUT2D eigenvalue weighted by Gasteiger charge is 2.02. The minimum absolute atomic E-state index is 0.0298. The van der Waals surface area contributed by atoms with Crippen LogP contribution in [0.15, 0.2) is 24.3 Å². The number of hydrogen-bond acceptors (Lipinski definition) is 4. The van der Waals surface area contributed by atoms with Gasteiger partial charge >= 0.3 is 0 Å². The van der Waals surface area contributed by atoms with Crippen molar-refractivity contribution in [2.75, 3.05) is 32.2 Å². The summed E-state index contributed by atoms with van der Waals surface area (Å²) in [5.41, 5.74) is 7.24. The van der Waals surface area contributed by atoms with Crippen molar-refractivity contribution < 1.29 is 14.3 Å². The van der Waals surface area contributed by atoms with Gasteiger partial charge in [-0.15, -0.1) is 0 Å². The lowest BCUT2D eigenvalue weighted by Crippen LogP contribution is -2.19. The van der Waals surface area contributed by atoms with E-state index < -0.39 is 0 Å². The zero-order valence-electron chi connectivity index (χ0n) is 9.94. The van der Waals surface area contributed by atoms with Crippen LogP contribution >= 0.6 is 0 Å². The number of amides is 1. The fourth-order valence-electron chi connectivity index (χ4n) is 1.23. The zero-order valence-corrected chi connectivity index (χ0v) is 9.94. The predicted molar refractivity (Wildman–Crippen MR) is 65.7 cm³/mol. The number of rotatable bonds is 7. The molecule has 0 bridgehead atoms. The number of anilines is 1. The molecule has 0 aliphatic rings. The van der Waals surface area contributed by atoms with Gasteiger partial charge in [0.25, 0.3) is 0 Å². The van der Waals surface area contributed by atoms with Gasteiger partial charge in [-0.2, -0.15) is 0 Å². The molecule has 3 N–H and O–H groups in total. The Labute approximate surface area is 101 Å². The minimum atomic E-state index is -0.179. The fourth-order valence-corrected chi connectivity index (χ4v) is 1.23. The summed E-state index contributed by atoms with van der Waals surface area (Å²) in [7, 11) is 1.59. The topological polar surface area (TPSA) is 73.6 Å². The Balaban J connectivity index is 2.29. The Hall–Kier alpha value is -1.43. The van der Waals surface area contributed by atoms with Gasteiger partial charge in [-0.25, -0.2) is 0 Å². The minimum Gasteiger partial charge on any atom is -0.382 e. The van der Waals surface area contributed by atoms with E-state index in [9.17, 15) is 4.79 Å². The highest BCUT2D eigenvalue weighted by atomic mass is 16.5. The molecule has 1 rings (SSSR count). The number of hydrogen-bond donors (Lipinski definition) is 2. The molecule has 0 aromatic heterocycles. The molecule has 1 amide bonds. The number of benzene rings is 1. The summed E-state index contributed by atoms with van der Waals surface area (Å²) in [4.78, 5) is 11.4. The maximum Gasteiger partial charge on any atom is 0.250 e. The average Bonchev–Trinajstić information content (AvgIpc) is 2.36. The predicted octanol–water partition coefficient (Wildman–Crippen LogP) is 0.747. The van der Waals surface area contributed by atoms with Gasteiger partial charge in [0.1, 0.15) is 6.61 Å². The molecule has 0 saturated heterocycles. The number of methoxy groups -OCH3 is 1. The van der Waals surface area contributed by atoms with E-state index in [1.807, 2.05) is 24.3 Å². The van der Waals surface area contributed by atoms with Crippen molar-refractivity contribution in [2.45, 2.75) is 6.54 Å². The van der Waals surface area contributed by atoms with E-state index in [4.69, 9.17) is 15.2 Å². The van der Waals surface area contributed by atoms with Crippen molar-refractivity contribution in [3.05, 3.63) is 29.8 Å². The third-order valence-electron chi connectivity index (χ3n) is 2.14. The van der Waals surface area contributed by atoms with Crippen LogP contribution in [0.4, 0.5) is 5.69 Å². The summed E-state index contributed by atoms with van der Waals surface area (Å²) < 4.78 is 9.89. The standard InChI is InChI=1S/C12H18N2O3/c1-16-6-7-17-9-12(15)14-11-4-2-10(8-13)3-5-11/h2-5H,6-9,13H2,1H3,(H,14,15). The Bertz CT molecular complexity index is 338. The average molecular weight is 238 g/mol. The number of nitrogens with one attached hydrogen (secondary N) is 1. The fraction of sp³-hybridized carbons (Fsp3) is 0.417. The number of ether oxygens (including phenoxy) is 2. The maximum atomic E-state index is 11.4. The summed E-state index contributed by atoms with van der Waals surface area (Å²) in [5.74, 6) is -0.179. The highest BCUT2D eigenvalue weighted by molar-refractivity contribution is 5.91. The van der Waals surface area contributed by atoms with E-state index >= 15 is 0 Å². The molecular weight excluding hydrogens is 220 g/mol. The molecule has 0 aliphatic heterocycles. The van der Waals surface area contributed by atoms with Crippen LogP contribution < -0.4 is 11.1 Å². The van der Waals surface area contributed by atoms with Crippen molar-refractivity contribution in [3.8, 4) is 0 Å². The Morgan fingerprint density at radius 2 is 2.00 bits per heavy atom. The summed E-state index contributed by atoms with van der Waals surface area (Å²) in [6.45, 7) is 1.42. The van der Waals surface area contributed by atoms with E-state index in [1.54, 1.807) is 7.11 Å². The molecule has 0 aliphatic carbocycles. The molecule has 0 radical (unpaired) electrons. The quantitative estimate of drug-likeness (QED) is 0.687. The van der Waals surface area contributed by atoms with Gasteiger partial charge < -0.3 is 20.5 Å². The lowest BCUT2D eigenvalue weighted by molar-refractivity contribution is -0.121. The Morgan fingerprint density at radius 3 is 2.59 bits per heavy atom. The zero-order chi connectivity index (χ0) is 12.5. The molecular formula is C12H18N2O3. The monoisotopic (exact) mass is 238 g/mol. The Morgan fingerprint density at radius 1 is 1.29 bits per heavy atom. The normalized spacial score (nSPS) is 10.2. The molecule has 5 heteroatoms. The van der Waals surface area contributed by atoms with E-state index in [0.717, 1.165) is 11.3 Å². The second-order valence-corrected chi connectivity index (χ2v) is 3.49. The van der Waals surface area contributed by atoms with E-state index in [2.05, 4.69) is 5.32 Å². The second-order valence-electron chi connectivity index (χ2n) is 3.49. The lowest BCUT2D eigenvalue weighted by Gasteiger charge is -2.06. The van der Waals surface area contributed by atoms with Crippen LogP contribution in [0.5, 0.6) is 0 Å². The third kappa shape index (κ3) is 5.44. The number of carbonyl (C=O) groups is 1. The molecule has 17 heavy (non-hydrogen) atoms. The first kappa shape index (κ1) is 13.6. The van der Waals surface area contributed by atoms with Crippen LogP contribution in [-0.2, 0) is 20.8 Å². The van der Waals surface area contributed by atoms with E-state index in [1.165, 1.54) is 0 Å². The largest absolute Gasteiger partial charge is 0.382 e.